The first-order chi connectivity index (χ1) is 11.8. The van der Waals surface area contributed by atoms with E-state index in [4.69, 9.17) is 4.74 Å². The third kappa shape index (κ3) is 3.46. The van der Waals surface area contributed by atoms with E-state index in [0.29, 0.717) is 24.5 Å². The van der Waals surface area contributed by atoms with Crippen LogP contribution in [-0.4, -0.2) is 12.5 Å². The number of carbonyl (C=O) groups excluding carboxylic acids is 1. The average molecular weight is 317 g/mol. The van der Waals surface area contributed by atoms with Gasteiger partial charge in [0.15, 0.2) is 0 Å². The van der Waals surface area contributed by atoms with E-state index in [9.17, 15) is 4.79 Å². The fourth-order valence-corrected chi connectivity index (χ4v) is 2.65. The van der Waals surface area contributed by atoms with E-state index < -0.39 is 0 Å². The summed E-state index contributed by atoms with van der Waals surface area (Å²) in [4.78, 5) is 12.5. The van der Waals surface area contributed by atoms with Gasteiger partial charge in [-0.2, -0.15) is 0 Å². The fraction of sp³-hybridized carbons (Fsp3) is 0.0952. The zero-order valence-corrected chi connectivity index (χ0v) is 13.4. The van der Waals surface area contributed by atoms with Gasteiger partial charge in [-0.3, -0.25) is 4.79 Å². The second kappa shape index (κ2) is 7.47. The van der Waals surface area contributed by atoms with Crippen LogP contribution in [0.2, 0.25) is 0 Å². The summed E-state index contributed by atoms with van der Waals surface area (Å²) in [6, 6.07) is 21.5. The molecule has 0 saturated heterocycles. The van der Waals surface area contributed by atoms with Gasteiger partial charge in [-0.1, -0.05) is 67.3 Å². The molecular weight excluding hydrogens is 298 g/mol. The summed E-state index contributed by atoms with van der Waals surface area (Å²) in [6.07, 6.45) is 1.66. The highest BCUT2D eigenvalue weighted by Crippen LogP contribution is 2.20. The van der Waals surface area contributed by atoms with Crippen molar-refractivity contribution < 1.29 is 9.53 Å². The van der Waals surface area contributed by atoms with Crippen LogP contribution in [0.25, 0.3) is 10.8 Å². The minimum Gasteiger partial charge on any atom is -0.489 e. The van der Waals surface area contributed by atoms with Gasteiger partial charge in [0.25, 0.3) is 5.91 Å². The molecule has 0 bridgehead atoms. The lowest BCUT2D eigenvalue weighted by atomic mass is 10.0. The number of fused-ring (bicyclic) bond motifs is 1. The Bertz CT molecular complexity index is 865. The fourth-order valence-electron chi connectivity index (χ4n) is 2.65. The van der Waals surface area contributed by atoms with E-state index in [0.717, 1.165) is 10.9 Å². The highest BCUT2D eigenvalue weighted by atomic mass is 16.5. The molecule has 0 radical (unpaired) electrons. The van der Waals surface area contributed by atoms with Crippen molar-refractivity contribution in [2.45, 2.75) is 6.54 Å². The normalized spacial score (nSPS) is 10.3. The summed E-state index contributed by atoms with van der Waals surface area (Å²) in [5, 5.41) is 5.29. The van der Waals surface area contributed by atoms with Gasteiger partial charge in [0.05, 0.1) is 5.56 Å². The number of carbonyl (C=O) groups is 1. The molecule has 0 aliphatic heterocycles. The average Bonchev–Trinajstić information content (AvgIpc) is 2.64. The summed E-state index contributed by atoms with van der Waals surface area (Å²) < 4.78 is 5.55. The van der Waals surface area contributed by atoms with Crippen LogP contribution < -0.4 is 10.1 Å². The van der Waals surface area contributed by atoms with Crippen LogP contribution in [0.1, 0.15) is 15.9 Å². The molecule has 0 aromatic heterocycles. The number of para-hydroxylation sites is 1. The predicted octanol–water partition coefficient (Wildman–Crippen LogP) is 4.33. The molecule has 0 unspecified atom stereocenters. The number of ether oxygens (including phenoxy) is 1. The van der Waals surface area contributed by atoms with E-state index in [2.05, 4.69) is 30.1 Å². The van der Waals surface area contributed by atoms with Gasteiger partial charge >= 0.3 is 0 Å². The van der Waals surface area contributed by atoms with Crippen molar-refractivity contribution in [1.82, 2.24) is 5.32 Å². The lowest BCUT2D eigenvalue weighted by Crippen LogP contribution is -2.23. The minimum absolute atomic E-state index is 0.150. The van der Waals surface area contributed by atoms with Crippen molar-refractivity contribution in [3.05, 3.63) is 90.5 Å². The molecule has 120 valence electrons. The van der Waals surface area contributed by atoms with Gasteiger partial charge in [-0.15, -0.1) is 0 Å². The molecule has 3 nitrogen and oxygen atoms in total. The first-order valence-electron chi connectivity index (χ1n) is 7.87. The Kier molecular flexibility index (Phi) is 4.92. The van der Waals surface area contributed by atoms with E-state index >= 15 is 0 Å². The summed E-state index contributed by atoms with van der Waals surface area (Å²) >= 11 is 0. The Labute approximate surface area is 141 Å². The maximum absolute atomic E-state index is 12.5. The third-order valence-corrected chi connectivity index (χ3v) is 3.81. The maximum atomic E-state index is 12.5. The monoisotopic (exact) mass is 317 g/mol. The molecule has 0 atom stereocenters. The first kappa shape index (κ1) is 15.8. The standard InChI is InChI=1S/C21H19NO2/c1-2-14-24-20-13-6-5-12-19(20)21(23)22-15-17-10-7-9-16-8-3-4-11-18(16)17/h2-13H,1,14-15H2,(H,22,23). The van der Waals surface area contributed by atoms with Gasteiger partial charge in [-0.25, -0.2) is 0 Å². The van der Waals surface area contributed by atoms with Crippen molar-refractivity contribution in [2.24, 2.45) is 0 Å². The molecule has 1 amide bonds. The van der Waals surface area contributed by atoms with Crippen LogP contribution in [-0.2, 0) is 6.54 Å². The van der Waals surface area contributed by atoms with Crippen molar-refractivity contribution in [3.63, 3.8) is 0 Å². The predicted molar refractivity (Wildman–Crippen MR) is 97.3 cm³/mol. The van der Waals surface area contributed by atoms with Crippen LogP contribution in [0.15, 0.2) is 79.4 Å². The molecule has 0 heterocycles. The van der Waals surface area contributed by atoms with Gasteiger partial charge in [0, 0.05) is 6.54 Å². The van der Waals surface area contributed by atoms with Gasteiger partial charge in [-0.05, 0) is 28.5 Å². The molecule has 1 N–H and O–H groups in total. The topological polar surface area (TPSA) is 38.3 Å². The molecule has 0 fully saturated rings. The second-order valence-corrected chi connectivity index (χ2v) is 5.42. The van der Waals surface area contributed by atoms with Gasteiger partial charge in [0.2, 0.25) is 0 Å². The smallest absolute Gasteiger partial charge is 0.255 e. The molecule has 0 aliphatic rings. The zero-order valence-electron chi connectivity index (χ0n) is 13.4. The van der Waals surface area contributed by atoms with Crippen LogP contribution in [0.5, 0.6) is 5.75 Å². The lowest BCUT2D eigenvalue weighted by molar-refractivity contribution is 0.0947. The summed E-state index contributed by atoms with van der Waals surface area (Å²) in [5.74, 6) is 0.412. The minimum atomic E-state index is -0.150. The van der Waals surface area contributed by atoms with Crippen molar-refractivity contribution in [2.75, 3.05) is 6.61 Å². The summed E-state index contributed by atoms with van der Waals surface area (Å²) in [5.41, 5.74) is 1.62. The number of hydrogen-bond acceptors (Lipinski definition) is 2. The zero-order chi connectivity index (χ0) is 16.8. The second-order valence-electron chi connectivity index (χ2n) is 5.42. The van der Waals surface area contributed by atoms with Gasteiger partial charge in [0.1, 0.15) is 12.4 Å². The number of nitrogens with one attached hydrogen (secondary N) is 1. The van der Waals surface area contributed by atoms with E-state index in [-0.39, 0.29) is 5.91 Å². The number of hydrogen-bond donors (Lipinski definition) is 1. The van der Waals surface area contributed by atoms with E-state index in [1.54, 1.807) is 18.2 Å². The Balaban J connectivity index is 1.77. The van der Waals surface area contributed by atoms with Crippen molar-refractivity contribution in [1.29, 1.82) is 0 Å². The SMILES string of the molecule is C=CCOc1ccccc1C(=O)NCc1cccc2ccccc12. The molecule has 0 aliphatic carbocycles. The largest absolute Gasteiger partial charge is 0.489 e. The molecule has 3 heteroatoms. The molecule has 3 aromatic rings. The van der Waals surface area contributed by atoms with Crippen LogP contribution in [0.3, 0.4) is 0 Å². The molecule has 0 saturated carbocycles. The third-order valence-electron chi connectivity index (χ3n) is 3.81. The van der Waals surface area contributed by atoms with Crippen molar-refractivity contribution in [3.8, 4) is 5.75 Å². The Morgan fingerprint density at radius 1 is 1.00 bits per heavy atom. The first-order valence-corrected chi connectivity index (χ1v) is 7.87. The molecule has 24 heavy (non-hydrogen) atoms. The highest BCUT2D eigenvalue weighted by molar-refractivity contribution is 5.97. The number of amides is 1. The van der Waals surface area contributed by atoms with Gasteiger partial charge < -0.3 is 10.1 Å². The Hall–Kier alpha value is -3.07. The van der Waals surface area contributed by atoms with Crippen LogP contribution >= 0.6 is 0 Å². The van der Waals surface area contributed by atoms with E-state index in [1.807, 2.05) is 36.4 Å². The van der Waals surface area contributed by atoms with E-state index in [1.165, 1.54) is 5.39 Å². The molecular formula is C21H19NO2. The summed E-state index contributed by atoms with van der Waals surface area (Å²) in [7, 11) is 0. The Morgan fingerprint density at radius 2 is 1.75 bits per heavy atom. The Morgan fingerprint density at radius 3 is 2.62 bits per heavy atom. The quantitative estimate of drug-likeness (QED) is 0.687. The number of benzene rings is 3. The van der Waals surface area contributed by atoms with Crippen LogP contribution in [0, 0.1) is 0 Å². The highest BCUT2D eigenvalue weighted by Gasteiger charge is 2.12. The van der Waals surface area contributed by atoms with Crippen LogP contribution in [0.4, 0.5) is 0 Å². The van der Waals surface area contributed by atoms with Crippen molar-refractivity contribution >= 4 is 16.7 Å². The molecule has 0 spiro atoms. The number of rotatable bonds is 6. The maximum Gasteiger partial charge on any atom is 0.255 e. The summed E-state index contributed by atoms with van der Waals surface area (Å²) in [6.45, 7) is 4.47. The lowest BCUT2D eigenvalue weighted by Gasteiger charge is -2.11. The molecule has 3 aromatic carbocycles. The molecule has 3 rings (SSSR count).